The van der Waals surface area contributed by atoms with E-state index in [-0.39, 0.29) is 12.3 Å². The van der Waals surface area contributed by atoms with Crippen LogP contribution in [0.3, 0.4) is 0 Å². The van der Waals surface area contributed by atoms with Crippen LogP contribution in [0.5, 0.6) is 0 Å². The number of aliphatic hydroxyl groups excluding tert-OH is 2. The summed E-state index contributed by atoms with van der Waals surface area (Å²) in [7, 11) is 0. The van der Waals surface area contributed by atoms with Crippen LogP contribution in [-0.4, -0.2) is 33.5 Å². The second-order valence-electron chi connectivity index (χ2n) is 8.76. The van der Waals surface area contributed by atoms with Gasteiger partial charge in [0, 0.05) is 6.42 Å². The van der Waals surface area contributed by atoms with Gasteiger partial charge >= 0.3 is 5.97 Å². The van der Waals surface area contributed by atoms with E-state index in [0.717, 1.165) is 32.1 Å². The van der Waals surface area contributed by atoms with Crippen molar-refractivity contribution in [2.45, 2.75) is 83.3 Å². The molecule has 0 aromatic heterocycles. The third kappa shape index (κ3) is 4.76. The monoisotopic (exact) mass is 374 g/mol. The molecule has 0 spiro atoms. The van der Waals surface area contributed by atoms with Crippen LogP contribution in [0.15, 0.2) is 11.6 Å². The number of rotatable bonds is 5. The van der Waals surface area contributed by atoms with Crippen LogP contribution in [0, 0.1) is 41.4 Å². The van der Waals surface area contributed by atoms with Crippen molar-refractivity contribution < 1.29 is 20.1 Å². The fourth-order valence-corrected chi connectivity index (χ4v) is 5.52. The average Bonchev–Trinajstić information content (AvgIpc) is 2.66. The molecule has 3 aliphatic rings. The van der Waals surface area contributed by atoms with E-state index in [9.17, 15) is 15.0 Å². The minimum atomic E-state index is -0.736. The van der Waals surface area contributed by atoms with Gasteiger partial charge in [0.1, 0.15) is 6.10 Å². The van der Waals surface area contributed by atoms with Crippen LogP contribution in [-0.2, 0) is 4.79 Å². The molecule has 0 saturated heterocycles. The molecule has 150 valence electrons. The lowest BCUT2D eigenvalue weighted by atomic mass is 9.51. The molecule has 3 aliphatic carbocycles. The van der Waals surface area contributed by atoms with E-state index in [1.165, 1.54) is 24.8 Å². The fraction of sp³-hybridized carbons (Fsp3) is 0.783. The number of aliphatic hydroxyl groups is 2. The van der Waals surface area contributed by atoms with Gasteiger partial charge in [-0.3, -0.25) is 4.79 Å². The molecular weight excluding hydrogens is 340 g/mol. The minimum Gasteiger partial charge on any atom is -0.481 e. The van der Waals surface area contributed by atoms with Crippen LogP contribution in [0.25, 0.3) is 0 Å². The highest BCUT2D eigenvalue weighted by Crippen LogP contribution is 2.55. The topological polar surface area (TPSA) is 77.8 Å². The molecule has 0 aliphatic heterocycles. The number of allylic oxidation sites excluding steroid dienone is 2. The predicted octanol–water partition coefficient (Wildman–Crippen LogP) is 3.77. The summed E-state index contributed by atoms with van der Waals surface area (Å²) >= 11 is 0. The van der Waals surface area contributed by atoms with E-state index in [1.807, 2.05) is 0 Å². The van der Waals surface area contributed by atoms with Gasteiger partial charge in [-0.15, -0.1) is 0 Å². The Morgan fingerprint density at radius 1 is 1.22 bits per heavy atom. The molecule has 6 atom stereocenters. The van der Waals surface area contributed by atoms with E-state index in [2.05, 4.69) is 24.8 Å². The van der Waals surface area contributed by atoms with Gasteiger partial charge < -0.3 is 15.3 Å². The average molecular weight is 375 g/mol. The molecule has 0 radical (unpaired) electrons. The second kappa shape index (κ2) is 9.26. The van der Waals surface area contributed by atoms with Gasteiger partial charge in [0.2, 0.25) is 0 Å². The number of hydrogen-bond donors (Lipinski definition) is 3. The third-order valence-corrected chi connectivity index (χ3v) is 7.07. The third-order valence-electron chi connectivity index (χ3n) is 7.07. The molecule has 0 amide bonds. The summed E-state index contributed by atoms with van der Waals surface area (Å²) in [4.78, 5) is 10.7. The van der Waals surface area contributed by atoms with E-state index in [0.29, 0.717) is 30.1 Å². The highest BCUT2D eigenvalue weighted by atomic mass is 16.4. The minimum absolute atomic E-state index is 0.0480. The molecule has 3 rings (SSSR count). The molecule has 3 N–H and O–H groups in total. The Labute approximate surface area is 163 Å². The van der Waals surface area contributed by atoms with Gasteiger partial charge in [-0.25, -0.2) is 0 Å². The number of carboxylic acid groups (broad SMARTS) is 1. The first-order valence-corrected chi connectivity index (χ1v) is 10.8. The molecule has 0 aromatic carbocycles. The van der Waals surface area contributed by atoms with Crippen LogP contribution in [0.1, 0.15) is 71.1 Å². The summed E-state index contributed by atoms with van der Waals surface area (Å²) in [5.41, 5.74) is 1.43. The van der Waals surface area contributed by atoms with Crippen molar-refractivity contribution in [3.8, 4) is 11.8 Å². The molecule has 2 unspecified atom stereocenters. The van der Waals surface area contributed by atoms with Gasteiger partial charge in [-0.05, 0) is 62.2 Å². The normalized spacial score (nSPS) is 36.3. The summed E-state index contributed by atoms with van der Waals surface area (Å²) in [6.07, 6.45) is 10.5. The van der Waals surface area contributed by atoms with Gasteiger partial charge in [-0.2, -0.15) is 0 Å². The Bertz CT molecular complexity index is 608. The lowest BCUT2D eigenvalue weighted by molar-refractivity contribution is -0.137. The van der Waals surface area contributed by atoms with Gasteiger partial charge in [0.05, 0.1) is 12.0 Å². The summed E-state index contributed by atoms with van der Waals surface area (Å²) in [6, 6.07) is 0. The highest BCUT2D eigenvalue weighted by Gasteiger charge is 2.50. The summed E-state index contributed by atoms with van der Waals surface area (Å²) in [5, 5.41) is 29.7. The molecular formula is C23H34O4. The maximum Gasteiger partial charge on any atom is 0.303 e. The van der Waals surface area contributed by atoms with E-state index in [1.54, 1.807) is 0 Å². The Balaban J connectivity index is 1.61. The van der Waals surface area contributed by atoms with Crippen molar-refractivity contribution in [1.29, 1.82) is 0 Å². The first-order chi connectivity index (χ1) is 13.0. The Morgan fingerprint density at radius 3 is 2.67 bits per heavy atom. The molecule has 27 heavy (non-hydrogen) atoms. The van der Waals surface area contributed by atoms with Crippen molar-refractivity contribution >= 4 is 5.97 Å². The van der Waals surface area contributed by atoms with Crippen LogP contribution >= 0.6 is 0 Å². The number of carboxylic acids is 1. The van der Waals surface area contributed by atoms with Crippen molar-refractivity contribution in [1.82, 2.24) is 0 Å². The highest BCUT2D eigenvalue weighted by molar-refractivity contribution is 5.66. The molecule has 3 fully saturated rings. The number of unbranched alkanes of at least 4 members (excludes halogenated alkanes) is 1. The van der Waals surface area contributed by atoms with Crippen molar-refractivity contribution in [3.05, 3.63) is 11.6 Å². The SMILES string of the molecule is CC1/C(=C/CCCC(=O)O)[C@H]2CC[C@@H](O)[C@H](C#CC(O)C3CCCCC3)[C@@H]12. The number of carbonyl (C=O) groups is 1. The number of fused-ring (bicyclic) bond motifs is 1. The molecule has 3 saturated carbocycles. The molecule has 0 heterocycles. The first kappa shape index (κ1) is 20.4. The molecule has 0 bridgehead atoms. The smallest absolute Gasteiger partial charge is 0.303 e. The van der Waals surface area contributed by atoms with E-state index in [4.69, 9.17) is 5.11 Å². The zero-order valence-electron chi connectivity index (χ0n) is 16.4. The fourth-order valence-electron chi connectivity index (χ4n) is 5.52. The van der Waals surface area contributed by atoms with Crippen LogP contribution in [0.4, 0.5) is 0 Å². The largest absolute Gasteiger partial charge is 0.481 e. The quantitative estimate of drug-likeness (QED) is 0.389. The van der Waals surface area contributed by atoms with E-state index >= 15 is 0 Å². The van der Waals surface area contributed by atoms with Crippen molar-refractivity contribution in [2.24, 2.45) is 29.6 Å². The maximum absolute atomic E-state index is 10.7. The zero-order chi connectivity index (χ0) is 19.4. The zero-order valence-corrected chi connectivity index (χ0v) is 16.4. The molecule has 4 nitrogen and oxygen atoms in total. The van der Waals surface area contributed by atoms with Gasteiger partial charge in [0.25, 0.3) is 0 Å². The maximum atomic E-state index is 10.7. The van der Waals surface area contributed by atoms with E-state index < -0.39 is 18.2 Å². The summed E-state index contributed by atoms with van der Waals surface area (Å²) in [5.74, 6) is 7.12. The Hall–Kier alpha value is -1.31. The Kier molecular flexibility index (Phi) is 7.00. The molecule has 4 heteroatoms. The van der Waals surface area contributed by atoms with Crippen molar-refractivity contribution in [3.63, 3.8) is 0 Å². The summed E-state index contributed by atoms with van der Waals surface area (Å²) < 4.78 is 0. The lowest BCUT2D eigenvalue weighted by Gasteiger charge is -2.53. The predicted molar refractivity (Wildman–Crippen MR) is 105 cm³/mol. The molecule has 0 aromatic rings. The van der Waals surface area contributed by atoms with Crippen LogP contribution < -0.4 is 0 Å². The lowest BCUT2D eigenvalue weighted by Crippen LogP contribution is -2.50. The Morgan fingerprint density at radius 2 is 1.96 bits per heavy atom. The van der Waals surface area contributed by atoms with Crippen molar-refractivity contribution in [2.75, 3.05) is 0 Å². The summed E-state index contributed by atoms with van der Waals surface area (Å²) in [6.45, 7) is 2.20. The van der Waals surface area contributed by atoms with Gasteiger partial charge in [0.15, 0.2) is 0 Å². The standard InChI is InChI=1S/C23H34O4/c1-15-17(9-5-6-10-22(26)27)18-11-14-21(25)19(23(15)18)12-13-20(24)16-7-3-2-4-8-16/h9,15-16,18-21,23-25H,2-8,10-11,14H2,1H3,(H,26,27)/b17-9-/t15?,18-,19+,20?,21-,23+/m1/s1. The van der Waals surface area contributed by atoms with Crippen LogP contribution in [0.2, 0.25) is 0 Å². The van der Waals surface area contributed by atoms with Gasteiger partial charge in [-0.1, -0.05) is 49.7 Å². The number of aliphatic carboxylic acids is 1. The number of hydrogen-bond acceptors (Lipinski definition) is 3. The second-order valence-corrected chi connectivity index (χ2v) is 8.76. The first-order valence-electron chi connectivity index (χ1n) is 10.8.